The van der Waals surface area contributed by atoms with Gasteiger partial charge in [-0.1, -0.05) is 30.3 Å². The number of hydrogen-bond donors (Lipinski definition) is 1. The number of benzene rings is 2. The molecule has 4 aromatic rings. The molecule has 30 heavy (non-hydrogen) atoms. The number of carbonyl (C=O) groups is 1. The highest BCUT2D eigenvalue weighted by atomic mass is 16.5. The van der Waals surface area contributed by atoms with E-state index < -0.39 is 0 Å². The van der Waals surface area contributed by atoms with Crippen molar-refractivity contribution in [2.24, 2.45) is 0 Å². The van der Waals surface area contributed by atoms with Crippen molar-refractivity contribution >= 4 is 16.7 Å². The minimum absolute atomic E-state index is 0.222. The predicted molar refractivity (Wildman–Crippen MR) is 116 cm³/mol. The number of rotatable bonds is 8. The number of amides is 1. The topological polar surface area (TPSA) is 69.3 Å². The third kappa shape index (κ3) is 4.71. The maximum absolute atomic E-state index is 12.3. The van der Waals surface area contributed by atoms with Crippen LogP contribution in [0, 0.1) is 13.8 Å². The van der Waals surface area contributed by atoms with Crippen LogP contribution in [0.5, 0.6) is 5.75 Å². The molecule has 0 saturated heterocycles. The highest BCUT2D eigenvalue weighted by molar-refractivity contribution is 5.91. The first-order valence-electron chi connectivity index (χ1n) is 10.1. The van der Waals surface area contributed by atoms with Crippen molar-refractivity contribution in [1.82, 2.24) is 15.1 Å². The number of ether oxygens (including phenoxy) is 1. The molecular weight excluding hydrogens is 378 g/mol. The third-order valence-corrected chi connectivity index (χ3v) is 4.92. The van der Waals surface area contributed by atoms with Crippen LogP contribution >= 0.6 is 0 Å². The Kier molecular flexibility index (Phi) is 5.84. The fourth-order valence-corrected chi connectivity index (χ4v) is 3.41. The van der Waals surface area contributed by atoms with Gasteiger partial charge in [-0.05, 0) is 61.4 Å². The third-order valence-electron chi connectivity index (χ3n) is 4.92. The van der Waals surface area contributed by atoms with Gasteiger partial charge in [-0.15, -0.1) is 0 Å². The summed E-state index contributed by atoms with van der Waals surface area (Å²) in [5, 5.41) is 9.60. The maximum Gasteiger partial charge on any atom is 0.286 e. The average Bonchev–Trinajstić information content (AvgIpc) is 3.35. The molecule has 0 aliphatic heterocycles. The molecule has 1 N–H and O–H groups in total. The highest BCUT2D eigenvalue weighted by Crippen LogP contribution is 2.21. The van der Waals surface area contributed by atoms with Gasteiger partial charge in [0, 0.05) is 18.8 Å². The van der Waals surface area contributed by atoms with Crippen molar-refractivity contribution in [3.8, 4) is 5.75 Å². The first-order chi connectivity index (χ1) is 14.6. The van der Waals surface area contributed by atoms with Crippen LogP contribution in [0.3, 0.4) is 0 Å². The lowest BCUT2D eigenvalue weighted by Crippen LogP contribution is -2.25. The van der Waals surface area contributed by atoms with Crippen LogP contribution < -0.4 is 10.1 Å². The van der Waals surface area contributed by atoms with E-state index in [1.165, 1.54) is 5.39 Å². The average molecular weight is 403 g/mol. The molecule has 0 spiro atoms. The van der Waals surface area contributed by atoms with Crippen LogP contribution in [0.2, 0.25) is 0 Å². The zero-order chi connectivity index (χ0) is 20.9. The zero-order valence-corrected chi connectivity index (χ0v) is 17.2. The molecule has 2 aromatic carbocycles. The van der Waals surface area contributed by atoms with E-state index in [-0.39, 0.29) is 12.5 Å². The summed E-state index contributed by atoms with van der Waals surface area (Å²) in [6.07, 6.45) is 0.798. The number of fused-ring (bicyclic) bond motifs is 1. The molecule has 0 aliphatic carbocycles. The normalized spacial score (nSPS) is 11.0. The van der Waals surface area contributed by atoms with Gasteiger partial charge in [-0.2, -0.15) is 5.10 Å². The SMILES string of the molecule is Cc1cc(C)n(CCCNC(=O)c2ccc(COc3ccc4ccccc4c3)o2)n1. The van der Waals surface area contributed by atoms with E-state index in [1.807, 2.05) is 61.0 Å². The van der Waals surface area contributed by atoms with Crippen molar-refractivity contribution in [2.75, 3.05) is 6.54 Å². The first kappa shape index (κ1) is 19.8. The molecule has 6 nitrogen and oxygen atoms in total. The second-order valence-electron chi connectivity index (χ2n) is 7.32. The van der Waals surface area contributed by atoms with Gasteiger partial charge in [0.05, 0.1) is 5.69 Å². The fraction of sp³-hybridized carbons (Fsp3) is 0.250. The summed E-state index contributed by atoms with van der Waals surface area (Å²) in [4.78, 5) is 12.3. The Morgan fingerprint density at radius 1 is 1.07 bits per heavy atom. The van der Waals surface area contributed by atoms with Gasteiger partial charge in [0.15, 0.2) is 5.76 Å². The molecule has 0 saturated carbocycles. The molecular formula is C24H25N3O3. The largest absolute Gasteiger partial charge is 0.486 e. The van der Waals surface area contributed by atoms with E-state index >= 15 is 0 Å². The molecule has 1 amide bonds. The van der Waals surface area contributed by atoms with Crippen LogP contribution in [0.15, 0.2) is 65.1 Å². The summed E-state index contributed by atoms with van der Waals surface area (Å²) in [7, 11) is 0. The molecule has 0 fully saturated rings. The lowest BCUT2D eigenvalue weighted by atomic mass is 10.1. The number of nitrogens with zero attached hydrogens (tertiary/aromatic N) is 2. The molecule has 4 rings (SSSR count). The number of carbonyl (C=O) groups excluding carboxylic acids is 1. The van der Waals surface area contributed by atoms with Gasteiger partial charge in [0.1, 0.15) is 18.1 Å². The molecule has 154 valence electrons. The Morgan fingerprint density at radius 3 is 2.70 bits per heavy atom. The Hall–Kier alpha value is -3.54. The van der Waals surface area contributed by atoms with E-state index in [0.717, 1.165) is 35.5 Å². The maximum atomic E-state index is 12.3. The van der Waals surface area contributed by atoms with Gasteiger partial charge in [0.25, 0.3) is 5.91 Å². The van der Waals surface area contributed by atoms with Gasteiger partial charge in [-0.25, -0.2) is 0 Å². The molecule has 0 unspecified atom stereocenters. The number of aromatic nitrogens is 2. The zero-order valence-electron chi connectivity index (χ0n) is 17.2. The predicted octanol–water partition coefficient (Wildman–Crippen LogP) is 4.65. The summed E-state index contributed by atoms with van der Waals surface area (Å²) < 4.78 is 13.4. The molecule has 2 aromatic heterocycles. The summed E-state index contributed by atoms with van der Waals surface area (Å²) in [6, 6.07) is 19.6. The number of nitrogens with one attached hydrogen (secondary N) is 1. The lowest BCUT2D eigenvalue weighted by molar-refractivity contribution is 0.0921. The molecule has 0 aliphatic rings. The van der Waals surface area contributed by atoms with Crippen LogP contribution in [-0.2, 0) is 13.2 Å². The fourth-order valence-electron chi connectivity index (χ4n) is 3.41. The highest BCUT2D eigenvalue weighted by Gasteiger charge is 2.11. The van der Waals surface area contributed by atoms with Crippen molar-refractivity contribution in [3.05, 3.63) is 83.6 Å². The molecule has 2 heterocycles. The molecule has 0 bridgehead atoms. The first-order valence-corrected chi connectivity index (χ1v) is 10.1. The number of hydrogen-bond acceptors (Lipinski definition) is 4. The van der Waals surface area contributed by atoms with Crippen molar-refractivity contribution in [1.29, 1.82) is 0 Å². The number of aryl methyl sites for hydroxylation is 3. The minimum Gasteiger partial charge on any atom is -0.486 e. The van der Waals surface area contributed by atoms with Crippen LogP contribution in [0.1, 0.15) is 34.1 Å². The van der Waals surface area contributed by atoms with Gasteiger partial charge < -0.3 is 14.5 Å². The van der Waals surface area contributed by atoms with Crippen molar-refractivity contribution in [2.45, 2.75) is 33.4 Å². The quantitative estimate of drug-likeness (QED) is 0.435. The second kappa shape index (κ2) is 8.86. The van der Waals surface area contributed by atoms with E-state index in [2.05, 4.69) is 16.5 Å². The molecule has 0 radical (unpaired) electrons. The Bertz CT molecular complexity index is 1160. The van der Waals surface area contributed by atoms with E-state index in [4.69, 9.17) is 9.15 Å². The Balaban J connectivity index is 1.25. The molecule has 0 atom stereocenters. The minimum atomic E-state index is -0.222. The monoisotopic (exact) mass is 403 g/mol. The van der Waals surface area contributed by atoms with E-state index in [0.29, 0.717) is 18.1 Å². The smallest absolute Gasteiger partial charge is 0.286 e. The summed E-state index contributed by atoms with van der Waals surface area (Å²) >= 11 is 0. The van der Waals surface area contributed by atoms with E-state index in [9.17, 15) is 4.79 Å². The second-order valence-corrected chi connectivity index (χ2v) is 7.32. The lowest BCUT2D eigenvalue weighted by Gasteiger charge is -2.06. The van der Waals surface area contributed by atoms with Gasteiger partial charge >= 0.3 is 0 Å². The van der Waals surface area contributed by atoms with Gasteiger partial charge in [-0.3, -0.25) is 9.48 Å². The Morgan fingerprint density at radius 2 is 1.90 bits per heavy atom. The number of furan rings is 1. The molecule has 6 heteroatoms. The van der Waals surface area contributed by atoms with Crippen LogP contribution in [-0.4, -0.2) is 22.2 Å². The summed E-state index contributed by atoms with van der Waals surface area (Å²) in [6.45, 7) is 5.60. The van der Waals surface area contributed by atoms with Crippen molar-refractivity contribution in [3.63, 3.8) is 0 Å². The van der Waals surface area contributed by atoms with Crippen molar-refractivity contribution < 1.29 is 13.9 Å². The van der Waals surface area contributed by atoms with Crippen LogP contribution in [0.4, 0.5) is 0 Å². The Labute approximate surface area is 175 Å². The summed E-state index contributed by atoms with van der Waals surface area (Å²) in [5.41, 5.74) is 2.13. The summed E-state index contributed by atoms with van der Waals surface area (Å²) in [5.74, 6) is 1.44. The standard InChI is InChI=1S/C24H25N3O3/c1-17-14-18(2)27(26-17)13-5-12-25-24(28)23-11-10-22(30-23)16-29-21-9-8-19-6-3-4-7-20(19)15-21/h3-4,6-11,14-15H,5,12-13,16H2,1-2H3,(H,25,28). The van der Waals surface area contributed by atoms with Crippen LogP contribution in [0.25, 0.3) is 10.8 Å². The van der Waals surface area contributed by atoms with Gasteiger partial charge in [0.2, 0.25) is 0 Å². The van der Waals surface area contributed by atoms with E-state index in [1.54, 1.807) is 12.1 Å².